The van der Waals surface area contributed by atoms with Crippen molar-refractivity contribution in [3.8, 4) is 0 Å². The molecule has 0 fully saturated rings. The van der Waals surface area contributed by atoms with Crippen molar-refractivity contribution in [3.63, 3.8) is 0 Å². The number of rotatable bonds is 3. The molecule has 0 radical (unpaired) electrons. The Kier molecular flexibility index (Phi) is 3.48. The molecule has 0 bridgehead atoms. The van der Waals surface area contributed by atoms with E-state index in [9.17, 15) is 9.59 Å². The fourth-order valence-corrected chi connectivity index (χ4v) is 0.335. The van der Waals surface area contributed by atoms with Gasteiger partial charge in [-0.25, -0.2) is 9.59 Å². The van der Waals surface area contributed by atoms with Crippen molar-refractivity contribution >= 4 is 11.9 Å². The highest BCUT2D eigenvalue weighted by molar-refractivity contribution is 5.86. The van der Waals surface area contributed by atoms with Crippen LogP contribution in [0.1, 0.15) is 0 Å². The van der Waals surface area contributed by atoms with E-state index in [1.54, 1.807) is 0 Å². The largest absolute Gasteiger partial charge is 0.484 e. The van der Waals surface area contributed by atoms with Crippen molar-refractivity contribution < 1.29 is 24.5 Å². The average Bonchev–Trinajstić information content (AvgIpc) is 1.87. The van der Waals surface area contributed by atoms with Gasteiger partial charge in [-0.2, -0.15) is 0 Å². The normalized spacial score (nSPS) is 7.73. The minimum absolute atomic E-state index is 0.535. The van der Waals surface area contributed by atoms with Gasteiger partial charge in [-0.3, -0.25) is 0 Å². The second-order valence-electron chi connectivity index (χ2n) is 1.47. The first-order valence-electron chi connectivity index (χ1n) is 2.55. The first-order chi connectivity index (χ1) is 5.07. The van der Waals surface area contributed by atoms with Gasteiger partial charge in [0.05, 0.1) is 13.2 Å². The van der Waals surface area contributed by atoms with Crippen LogP contribution in [0.5, 0.6) is 0 Å². The van der Waals surface area contributed by atoms with Crippen molar-refractivity contribution in [2.45, 2.75) is 0 Å². The quantitative estimate of drug-likeness (QED) is 0.338. The van der Waals surface area contributed by atoms with Gasteiger partial charge in [0.15, 0.2) is 0 Å². The highest BCUT2D eigenvalue weighted by atomic mass is 16.5. The van der Waals surface area contributed by atoms with Crippen LogP contribution in [-0.4, -0.2) is 29.3 Å². The summed E-state index contributed by atoms with van der Waals surface area (Å²) in [7, 11) is 1.12. The monoisotopic (exact) mass is 158 g/mol. The Hall–Kier alpha value is -1.74. The minimum Gasteiger partial charge on any atom is -0.484 e. The number of carboxylic acids is 2. The molecule has 0 saturated heterocycles. The first-order valence-corrected chi connectivity index (χ1v) is 2.55. The maximum atomic E-state index is 10.1. The van der Waals surface area contributed by atoms with Crippen LogP contribution in [0.15, 0.2) is 17.6 Å². The zero-order valence-corrected chi connectivity index (χ0v) is 5.70. The van der Waals surface area contributed by atoms with Crippen LogP contribution in [0, 0.1) is 0 Å². The molecular formula is C6H6O5. The smallest absolute Gasteiger partial charge is 0.379 e. The average molecular weight is 158 g/mol. The van der Waals surface area contributed by atoms with Crippen LogP contribution < -0.4 is 0 Å². The summed E-state index contributed by atoms with van der Waals surface area (Å²) in [5.41, 5.74) is 1.94. The molecule has 2 N–H and O–H groups in total. The molecule has 0 aromatic carbocycles. The number of carbonyl (C=O) groups is 2. The summed E-state index contributed by atoms with van der Waals surface area (Å²) >= 11 is 0. The predicted molar refractivity (Wildman–Crippen MR) is 33.9 cm³/mol. The van der Waals surface area contributed by atoms with Gasteiger partial charge in [0.25, 0.3) is 0 Å². The van der Waals surface area contributed by atoms with Gasteiger partial charge in [-0.15, -0.1) is 0 Å². The maximum Gasteiger partial charge on any atom is 0.379 e. The molecule has 0 aliphatic rings. The van der Waals surface area contributed by atoms with Crippen LogP contribution in [0.4, 0.5) is 0 Å². The Morgan fingerprint density at radius 3 is 2.27 bits per heavy atom. The summed E-state index contributed by atoms with van der Waals surface area (Å²) in [5, 5.41) is 16.3. The van der Waals surface area contributed by atoms with Crippen LogP contribution in [0.2, 0.25) is 0 Å². The van der Waals surface area contributed by atoms with Crippen molar-refractivity contribution in [2.24, 2.45) is 0 Å². The van der Waals surface area contributed by atoms with E-state index in [-0.39, 0.29) is 0 Å². The van der Waals surface area contributed by atoms with E-state index < -0.39 is 17.7 Å². The molecule has 0 aliphatic heterocycles. The van der Waals surface area contributed by atoms with E-state index in [2.05, 4.69) is 4.74 Å². The van der Waals surface area contributed by atoms with Gasteiger partial charge < -0.3 is 14.9 Å². The Morgan fingerprint density at radius 2 is 2.00 bits per heavy atom. The third kappa shape index (κ3) is 3.77. The lowest BCUT2D eigenvalue weighted by atomic mass is 10.5. The molecule has 0 aliphatic carbocycles. The lowest BCUT2D eigenvalue weighted by molar-refractivity contribution is -0.136. The van der Waals surface area contributed by atoms with E-state index in [0.717, 1.165) is 7.11 Å². The van der Waals surface area contributed by atoms with E-state index in [1.807, 2.05) is 5.73 Å². The SMILES string of the molecule is COC(=C=CC(=O)O)C(=O)O. The molecule has 0 aromatic rings. The maximum absolute atomic E-state index is 10.1. The summed E-state index contributed by atoms with van der Waals surface area (Å²) in [6.07, 6.45) is 0.562. The van der Waals surface area contributed by atoms with Crippen molar-refractivity contribution in [2.75, 3.05) is 7.11 Å². The number of hydrogen-bond acceptors (Lipinski definition) is 3. The molecule has 0 heterocycles. The summed E-state index contributed by atoms with van der Waals surface area (Å²) in [6.45, 7) is 0. The fourth-order valence-electron chi connectivity index (χ4n) is 0.335. The molecule has 0 unspecified atom stereocenters. The lowest BCUT2D eigenvalue weighted by Gasteiger charge is -1.92. The van der Waals surface area contributed by atoms with Crippen molar-refractivity contribution in [1.82, 2.24) is 0 Å². The standard InChI is InChI=1S/C6H6O5/c1-11-4(6(9)10)2-3-5(7)8/h3H,1H3,(H,7,8)(H,9,10). The van der Waals surface area contributed by atoms with Crippen LogP contribution in [0.3, 0.4) is 0 Å². The Morgan fingerprint density at radius 1 is 1.45 bits per heavy atom. The predicted octanol–water partition coefficient (Wildman–Crippen LogP) is -0.159. The van der Waals surface area contributed by atoms with Gasteiger partial charge in [0.1, 0.15) is 0 Å². The fraction of sp³-hybridized carbons (Fsp3) is 0.167. The number of methoxy groups -OCH3 is 1. The zero-order chi connectivity index (χ0) is 8.85. The van der Waals surface area contributed by atoms with E-state index in [4.69, 9.17) is 10.2 Å². The van der Waals surface area contributed by atoms with Gasteiger partial charge >= 0.3 is 11.9 Å². The molecule has 5 nitrogen and oxygen atoms in total. The minimum atomic E-state index is -1.36. The van der Waals surface area contributed by atoms with Crippen LogP contribution in [0.25, 0.3) is 0 Å². The van der Waals surface area contributed by atoms with Gasteiger partial charge in [0.2, 0.25) is 5.76 Å². The number of hydrogen-bond donors (Lipinski definition) is 2. The molecule has 60 valence electrons. The summed E-state index contributed by atoms with van der Waals surface area (Å²) in [5.74, 6) is -3.17. The molecule has 0 rings (SSSR count). The van der Waals surface area contributed by atoms with Gasteiger partial charge in [0, 0.05) is 0 Å². The third-order valence-electron chi connectivity index (χ3n) is 0.725. The van der Waals surface area contributed by atoms with Crippen molar-refractivity contribution in [3.05, 3.63) is 17.6 Å². The molecule has 0 saturated carbocycles. The molecule has 11 heavy (non-hydrogen) atoms. The van der Waals surface area contributed by atoms with E-state index >= 15 is 0 Å². The highest BCUT2D eigenvalue weighted by Gasteiger charge is 2.03. The first kappa shape index (κ1) is 9.26. The Bertz CT molecular complexity index is 233. The number of aliphatic carboxylic acids is 2. The molecular weight excluding hydrogens is 152 g/mol. The van der Waals surface area contributed by atoms with Crippen LogP contribution in [-0.2, 0) is 14.3 Å². The number of ether oxygens (including phenoxy) is 1. The van der Waals surface area contributed by atoms with Gasteiger partial charge in [-0.1, -0.05) is 5.73 Å². The summed E-state index contributed by atoms with van der Waals surface area (Å²) in [6, 6.07) is 0. The second kappa shape index (κ2) is 4.14. The zero-order valence-electron chi connectivity index (χ0n) is 5.70. The van der Waals surface area contributed by atoms with Crippen molar-refractivity contribution in [1.29, 1.82) is 0 Å². The summed E-state index contributed by atoms with van der Waals surface area (Å²) in [4.78, 5) is 20.0. The second-order valence-corrected chi connectivity index (χ2v) is 1.47. The Labute approximate surface area is 62.2 Å². The third-order valence-corrected chi connectivity index (χ3v) is 0.725. The van der Waals surface area contributed by atoms with Crippen LogP contribution >= 0.6 is 0 Å². The summed E-state index contributed by atoms with van der Waals surface area (Å²) < 4.78 is 4.27. The topological polar surface area (TPSA) is 83.8 Å². The molecule has 5 heteroatoms. The van der Waals surface area contributed by atoms with E-state index in [1.165, 1.54) is 0 Å². The highest BCUT2D eigenvalue weighted by Crippen LogP contribution is 1.90. The molecule has 0 aromatic heterocycles. The van der Waals surface area contributed by atoms with E-state index in [0.29, 0.717) is 6.08 Å². The molecule has 0 amide bonds. The Balaban J connectivity index is 4.61. The van der Waals surface area contributed by atoms with Gasteiger partial charge in [-0.05, 0) is 0 Å². The molecule has 0 atom stereocenters. The number of carboxylic acid groups (broad SMARTS) is 2. The lowest BCUT2D eigenvalue weighted by Crippen LogP contribution is -2.01. The molecule has 0 spiro atoms.